The Kier molecular flexibility index (Phi) is 4.71. The summed E-state index contributed by atoms with van der Waals surface area (Å²) in [5.74, 6) is 1.24. The van der Waals surface area contributed by atoms with Gasteiger partial charge in [0.2, 0.25) is 11.7 Å². The molecule has 1 heterocycles. The summed E-state index contributed by atoms with van der Waals surface area (Å²) in [5, 5.41) is 4.03. The first kappa shape index (κ1) is 14.2. The van der Waals surface area contributed by atoms with E-state index in [4.69, 9.17) is 10.3 Å². The van der Waals surface area contributed by atoms with Crippen LogP contribution in [0.25, 0.3) is 11.4 Å². The van der Waals surface area contributed by atoms with Gasteiger partial charge in [0.15, 0.2) is 0 Å². The van der Waals surface area contributed by atoms with E-state index in [2.05, 4.69) is 33.0 Å². The van der Waals surface area contributed by atoms with Gasteiger partial charge in [0, 0.05) is 22.5 Å². The maximum Gasteiger partial charge on any atom is 0.228 e. The minimum absolute atomic E-state index is 0.0873. The molecule has 2 N–H and O–H groups in total. The monoisotopic (exact) mass is 323 g/mol. The third-order valence-electron chi connectivity index (χ3n) is 2.99. The topological polar surface area (TPSA) is 64.9 Å². The number of halogens is 1. The summed E-state index contributed by atoms with van der Waals surface area (Å²) in [6.45, 7) is 4.14. The summed E-state index contributed by atoms with van der Waals surface area (Å²) in [7, 11) is 0. The Morgan fingerprint density at radius 2 is 2.21 bits per heavy atom. The van der Waals surface area contributed by atoms with E-state index >= 15 is 0 Å². The highest BCUT2D eigenvalue weighted by Gasteiger charge is 2.13. The SMILES string of the molecule is CCCC(N)Cc1nc(-c2ccc(Br)cc2C)no1. The van der Waals surface area contributed by atoms with Crippen molar-refractivity contribution in [2.45, 2.75) is 39.2 Å². The third kappa shape index (κ3) is 3.64. The average molecular weight is 324 g/mol. The summed E-state index contributed by atoms with van der Waals surface area (Å²) >= 11 is 3.44. The summed E-state index contributed by atoms with van der Waals surface area (Å²) in [5.41, 5.74) is 8.08. The number of hydrogen-bond donors (Lipinski definition) is 1. The Hall–Kier alpha value is -1.20. The number of nitrogens with two attached hydrogens (primary N) is 1. The van der Waals surface area contributed by atoms with Gasteiger partial charge in [-0.2, -0.15) is 4.98 Å². The van der Waals surface area contributed by atoms with E-state index < -0.39 is 0 Å². The standard InChI is InChI=1S/C14H18BrN3O/c1-3-4-11(16)8-13-17-14(18-19-13)12-6-5-10(15)7-9(12)2/h5-7,11H,3-4,8,16H2,1-2H3. The van der Waals surface area contributed by atoms with Crippen LogP contribution < -0.4 is 5.73 Å². The van der Waals surface area contributed by atoms with Crippen molar-refractivity contribution in [2.75, 3.05) is 0 Å². The van der Waals surface area contributed by atoms with Crippen molar-refractivity contribution in [1.29, 1.82) is 0 Å². The molecule has 0 bridgehead atoms. The van der Waals surface area contributed by atoms with Gasteiger partial charge in [-0.05, 0) is 37.1 Å². The molecule has 0 saturated carbocycles. The second-order valence-electron chi connectivity index (χ2n) is 4.72. The van der Waals surface area contributed by atoms with E-state index in [1.807, 2.05) is 25.1 Å². The number of nitrogens with zero attached hydrogens (tertiary/aromatic N) is 2. The number of aromatic nitrogens is 2. The van der Waals surface area contributed by atoms with Crippen LogP contribution in [0, 0.1) is 6.92 Å². The highest BCUT2D eigenvalue weighted by molar-refractivity contribution is 9.10. The summed E-state index contributed by atoms with van der Waals surface area (Å²) in [4.78, 5) is 4.42. The van der Waals surface area contributed by atoms with Crippen LogP contribution in [-0.4, -0.2) is 16.2 Å². The molecule has 0 spiro atoms. The number of rotatable bonds is 5. The quantitative estimate of drug-likeness (QED) is 0.914. The molecule has 4 nitrogen and oxygen atoms in total. The van der Waals surface area contributed by atoms with Gasteiger partial charge in [0.25, 0.3) is 0 Å². The lowest BCUT2D eigenvalue weighted by molar-refractivity contribution is 0.366. The molecule has 102 valence electrons. The van der Waals surface area contributed by atoms with Crippen LogP contribution in [0.1, 0.15) is 31.2 Å². The van der Waals surface area contributed by atoms with E-state index in [1.165, 1.54) is 0 Å². The van der Waals surface area contributed by atoms with Gasteiger partial charge < -0.3 is 10.3 Å². The van der Waals surface area contributed by atoms with Crippen molar-refractivity contribution in [1.82, 2.24) is 10.1 Å². The van der Waals surface area contributed by atoms with Gasteiger partial charge in [-0.15, -0.1) is 0 Å². The van der Waals surface area contributed by atoms with Crippen molar-refractivity contribution < 1.29 is 4.52 Å². The van der Waals surface area contributed by atoms with E-state index in [1.54, 1.807) is 0 Å². The normalized spacial score (nSPS) is 12.6. The molecule has 0 amide bonds. The molecule has 1 unspecified atom stereocenters. The first-order chi connectivity index (χ1) is 9.10. The Bertz CT molecular complexity index is 553. The predicted octanol–water partition coefficient (Wildman–Crippen LogP) is 3.48. The molecule has 0 aliphatic rings. The zero-order valence-corrected chi connectivity index (χ0v) is 12.8. The highest BCUT2D eigenvalue weighted by Crippen LogP contribution is 2.24. The maximum absolute atomic E-state index is 5.98. The van der Waals surface area contributed by atoms with Crippen molar-refractivity contribution >= 4 is 15.9 Å². The smallest absolute Gasteiger partial charge is 0.228 e. The fraction of sp³-hybridized carbons (Fsp3) is 0.429. The molecule has 0 fully saturated rings. The van der Waals surface area contributed by atoms with Crippen molar-refractivity contribution in [3.05, 3.63) is 34.1 Å². The molecule has 1 aromatic heterocycles. The molecule has 2 rings (SSSR count). The average Bonchev–Trinajstić information content (AvgIpc) is 2.77. The van der Waals surface area contributed by atoms with E-state index in [-0.39, 0.29) is 6.04 Å². The summed E-state index contributed by atoms with van der Waals surface area (Å²) in [6, 6.07) is 6.08. The van der Waals surface area contributed by atoms with E-state index in [9.17, 15) is 0 Å². The van der Waals surface area contributed by atoms with Gasteiger partial charge in [0.1, 0.15) is 0 Å². The maximum atomic E-state index is 5.98. The molecule has 0 radical (unpaired) electrons. The summed E-state index contributed by atoms with van der Waals surface area (Å²) in [6.07, 6.45) is 2.67. The highest BCUT2D eigenvalue weighted by atomic mass is 79.9. The van der Waals surface area contributed by atoms with Crippen molar-refractivity contribution in [2.24, 2.45) is 5.73 Å². The number of benzene rings is 1. The molecule has 5 heteroatoms. The largest absolute Gasteiger partial charge is 0.339 e. The third-order valence-corrected chi connectivity index (χ3v) is 3.49. The second kappa shape index (κ2) is 6.30. The molecule has 0 saturated heterocycles. The van der Waals surface area contributed by atoms with Crippen LogP contribution in [0.2, 0.25) is 0 Å². The van der Waals surface area contributed by atoms with Gasteiger partial charge >= 0.3 is 0 Å². The number of aryl methyl sites for hydroxylation is 1. The molecule has 19 heavy (non-hydrogen) atoms. The van der Waals surface area contributed by atoms with Gasteiger partial charge in [0.05, 0.1) is 0 Å². The molecule has 2 aromatic rings. The fourth-order valence-corrected chi connectivity index (χ4v) is 2.50. The molecule has 1 aromatic carbocycles. The Labute approximate surface area is 121 Å². The predicted molar refractivity (Wildman–Crippen MR) is 78.8 cm³/mol. The van der Waals surface area contributed by atoms with Crippen LogP contribution in [0.3, 0.4) is 0 Å². The lowest BCUT2D eigenvalue weighted by Crippen LogP contribution is -2.22. The zero-order valence-electron chi connectivity index (χ0n) is 11.2. The molecule has 0 aliphatic heterocycles. The fourth-order valence-electron chi connectivity index (χ4n) is 2.02. The molecule has 0 aliphatic carbocycles. The van der Waals surface area contributed by atoms with Crippen molar-refractivity contribution in [3.63, 3.8) is 0 Å². The Morgan fingerprint density at radius 3 is 2.89 bits per heavy atom. The van der Waals surface area contributed by atoms with Crippen LogP contribution in [0.15, 0.2) is 27.2 Å². The second-order valence-corrected chi connectivity index (χ2v) is 5.64. The van der Waals surface area contributed by atoms with Crippen molar-refractivity contribution in [3.8, 4) is 11.4 Å². The lowest BCUT2D eigenvalue weighted by Gasteiger charge is -2.05. The first-order valence-electron chi connectivity index (χ1n) is 6.45. The summed E-state index contributed by atoms with van der Waals surface area (Å²) < 4.78 is 6.31. The first-order valence-corrected chi connectivity index (χ1v) is 7.24. The van der Waals surface area contributed by atoms with Crippen LogP contribution in [0.5, 0.6) is 0 Å². The minimum Gasteiger partial charge on any atom is -0.339 e. The van der Waals surface area contributed by atoms with Gasteiger partial charge in [-0.1, -0.05) is 34.4 Å². The van der Waals surface area contributed by atoms with Crippen LogP contribution in [0.4, 0.5) is 0 Å². The molecular weight excluding hydrogens is 306 g/mol. The minimum atomic E-state index is 0.0873. The van der Waals surface area contributed by atoms with E-state index in [0.717, 1.165) is 28.4 Å². The lowest BCUT2D eigenvalue weighted by atomic mass is 10.1. The van der Waals surface area contributed by atoms with Gasteiger partial charge in [-0.3, -0.25) is 0 Å². The zero-order chi connectivity index (χ0) is 13.8. The molecular formula is C14H18BrN3O. The van der Waals surface area contributed by atoms with Crippen LogP contribution in [-0.2, 0) is 6.42 Å². The van der Waals surface area contributed by atoms with E-state index in [0.29, 0.717) is 18.1 Å². The number of hydrogen-bond acceptors (Lipinski definition) is 4. The molecule has 1 atom stereocenters. The van der Waals surface area contributed by atoms with Crippen LogP contribution >= 0.6 is 15.9 Å². The Balaban J connectivity index is 2.16. The Morgan fingerprint density at radius 1 is 1.42 bits per heavy atom. The van der Waals surface area contributed by atoms with Gasteiger partial charge in [-0.25, -0.2) is 0 Å².